The summed E-state index contributed by atoms with van der Waals surface area (Å²) in [6, 6.07) is 20.4. The van der Waals surface area contributed by atoms with Gasteiger partial charge in [-0.25, -0.2) is 0 Å². The molecule has 30 heavy (non-hydrogen) atoms. The molecule has 5 heteroatoms. The summed E-state index contributed by atoms with van der Waals surface area (Å²) in [6.07, 6.45) is 2.74. The number of carbonyl (C=O) groups excluding carboxylic acids is 1. The molecule has 3 aromatic rings. The Morgan fingerprint density at radius 2 is 1.77 bits per heavy atom. The fraction of sp³-hybridized carbons (Fsp3) is 0.240. The molecule has 1 aliphatic carbocycles. The topological polar surface area (TPSA) is 50.4 Å². The van der Waals surface area contributed by atoms with Crippen LogP contribution in [0.2, 0.25) is 0 Å². The lowest BCUT2D eigenvalue weighted by Crippen LogP contribution is -2.33. The summed E-state index contributed by atoms with van der Waals surface area (Å²) in [5.74, 6) is 0.908. The van der Waals surface area contributed by atoms with Crippen molar-refractivity contribution in [3.8, 4) is 5.75 Å². The van der Waals surface area contributed by atoms with Crippen LogP contribution in [0.15, 0.2) is 72.4 Å². The smallest absolute Gasteiger partial charge is 0.145 e. The Morgan fingerprint density at radius 1 is 1.00 bits per heavy atom. The van der Waals surface area contributed by atoms with Gasteiger partial charge >= 0.3 is 0 Å². The van der Waals surface area contributed by atoms with Gasteiger partial charge in [0.25, 0.3) is 0 Å². The molecule has 0 radical (unpaired) electrons. The Balaban J connectivity index is 1.58. The lowest BCUT2D eigenvalue weighted by Gasteiger charge is -2.31. The molecule has 1 aliphatic heterocycles. The highest BCUT2D eigenvalue weighted by Gasteiger charge is 2.40. The van der Waals surface area contributed by atoms with Gasteiger partial charge in [0.05, 0.1) is 30.4 Å². The van der Waals surface area contributed by atoms with E-state index < -0.39 is 0 Å². The van der Waals surface area contributed by atoms with Crippen LogP contribution in [-0.2, 0) is 4.79 Å². The molecule has 2 N–H and O–H groups in total. The van der Waals surface area contributed by atoms with Crippen molar-refractivity contribution in [3.05, 3.63) is 87.8 Å². The minimum atomic E-state index is -0.232. The standard InChI is InChI=1S/C25H24N2O2S/c1-15-7-12-23(30-15)25-24-21(26-19-5-3-4-6-20(19)27-25)13-17(14-22(24)28)16-8-10-18(29-2)11-9-16/h3-13,17,24-27H,14H2,1-2H3. The van der Waals surface area contributed by atoms with Crippen molar-refractivity contribution in [2.45, 2.75) is 25.3 Å². The predicted molar refractivity (Wildman–Crippen MR) is 122 cm³/mol. The van der Waals surface area contributed by atoms with Crippen molar-refractivity contribution < 1.29 is 9.53 Å². The second-order valence-electron chi connectivity index (χ2n) is 7.89. The van der Waals surface area contributed by atoms with Crippen LogP contribution in [0.1, 0.15) is 33.7 Å². The summed E-state index contributed by atoms with van der Waals surface area (Å²) >= 11 is 1.75. The number of ether oxygens (including phenoxy) is 1. The molecule has 0 amide bonds. The highest BCUT2D eigenvalue weighted by molar-refractivity contribution is 7.12. The number of carbonyl (C=O) groups is 1. The molecule has 2 aromatic carbocycles. The van der Waals surface area contributed by atoms with E-state index in [4.69, 9.17) is 4.74 Å². The summed E-state index contributed by atoms with van der Waals surface area (Å²) in [5, 5.41) is 7.24. The number of allylic oxidation sites excluding steroid dienone is 1. The maximum Gasteiger partial charge on any atom is 0.145 e. The molecule has 3 unspecified atom stereocenters. The van der Waals surface area contributed by atoms with E-state index in [0.29, 0.717) is 6.42 Å². The van der Waals surface area contributed by atoms with E-state index in [9.17, 15) is 4.79 Å². The molecule has 4 nitrogen and oxygen atoms in total. The number of para-hydroxylation sites is 2. The molecule has 0 saturated heterocycles. The zero-order chi connectivity index (χ0) is 20.7. The lowest BCUT2D eigenvalue weighted by molar-refractivity contribution is -0.122. The van der Waals surface area contributed by atoms with E-state index in [2.05, 4.69) is 60.0 Å². The average molecular weight is 417 g/mol. The number of benzene rings is 2. The van der Waals surface area contributed by atoms with Gasteiger partial charge in [0.1, 0.15) is 11.5 Å². The van der Waals surface area contributed by atoms with Crippen LogP contribution in [0.5, 0.6) is 5.75 Å². The number of nitrogens with one attached hydrogen (secondary N) is 2. The van der Waals surface area contributed by atoms with Gasteiger partial charge in [0, 0.05) is 27.8 Å². The van der Waals surface area contributed by atoms with E-state index in [1.54, 1.807) is 18.4 Å². The van der Waals surface area contributed by atoms with Gasteiger partial charge < -0.3 is 15.4 Å². The Hall–Kier alpha value is -3.05. The molecule has 3 atom stereocenters. The number of thiophene rings is 1. The van der Waals surface area contributed by atoms with Crippen molar-refractivity contribution >= 4 is 28.5 Å². The molecule has 0 spiro atoms. The van der Waals surface area contributed by atoms with Crippen molar-refractivity contribution in [2.24, 2.45) is 5.92 Å². The van der Waals surface area contributed by atoms with Gasteiger partial charge in [-0.1, -0.05) is 30.3 Å². The summed E-state index contributed by atoms with van der Waals surface area (Å²) < 4.78 is 5.28. The van der Waals surface area contributed by atoms with E-state index >= 15 is 0 Å². The maximum atomic E-state index is 13.5. The number of rotatable bonds is 3. The zero-order valence-corrected chi connectivity index (χ0v) is 17.8. The zero-order valence-electron chi connectivity index (χ0n) is 17.0. The first-order valence-electron chi connectivity index (χ1n) is 10.2. The number of hydrogen-bond acceptors (Lipinski definition) is 5. The minimum Gasteiger partial charge on any atom is -0.497 e. The maximum absolute atomic E-state index is 13.5. The summed E-state index contributed by atoms with van der Waals surface area (Å²) in [7, 11) is 1.66. The van der Waals surface area contributed by atoms with Gasteiger partial charge in [0.2, 0.25) is 0 Å². The minimum absolute atomic E-state index is 0.0538. The first kappa shape index (κ1) is 18.9. The first-order chi connectivity index (χ1) is 14.6. The monoisotopic (exact) mass is 416 g/mol. The summed E-state index contributed by atoms with van der Waals surface area (Å²) in [5.41, 5.74) is 4.15. The Labute approximate surface area is 180 Å². The quantitative estimate of drug-likeness (QED) is 0.558. The van der Waals surface area contributed by atoms with Crippen LogP contribution in [0.25, 0.3) is 0 Å². The number of Topliss-reactive ketones (excluding diaryl/α,β-unsaturated/α-hetero) is 1. The molecular weight excluding hydrogens is 392 g/mol. The third-order valence-electron chi connectivity index (χ3n) is 5.95. The Kier molecular flexibility index (Phi) is 4.83. The van der Waals surface area contributed by atoms with Gasteiger partial charge in [-0.2, -0.15) is 0 Å². The molecule has 5 rings (SSSR count). The van der Waals surface area contributed by atoms with E-state index in [0.717, 1.165) is 28.4 Å². The van der Waals surface area contributed by atoms with Gasteiger partial charge in [-0.05, 0) is 48.9 Å². The molecular formula is C25H24N2O2S. The number of methoxy groups -OCH3 is 1. The van der Waals surface area contributed by atoms with Crippen molar-refractivity contribution in [3.63, 3.8) is 0 Å². The van der Waals surface area contributed by atoms with Crippen LogP contribution in [-0.4, -0.2) is 12.9 Å². The number of ketones is 1. The molecule has 152 valence electrons. The second-order valence-corrected chi connectivity index (χ2v) is 9.21. The lowest BCUT2D eigenvalue weighted by atomic mass is 9.78. The Bertz CT molecular complexity index is 1120. The largest absolute Gasteiger partial charge is 0.497 e. The molecule has 1 aromatic heterocycles. The van der Waals surface area contributed by atoms with Gasteiger partial charge in [-0.3, -0.25) is 4.79 Å². The SMILES string of the molecule is COc1ccc(C2C=C3Nc4ccccc4NC(c4ccc(C)s4)C3C(=O)C2)cc1. The van der Waals surface area contributed by atoms with Crippen molar-refractivity contribution in [1.82, 2.24) is 0 Å². The average Bonchev–Trinajstić information content (AvgIpc) is 3.11. The fourth-order valence-electron chi connectivity index (χ4n) is 4.43. The van der Waals surface area contributed by atoms with Gasteiger partial charge in [0.15, 0.2) is 0 Å². The Morgan fingerprint density at radius 3 is 2.47 bits per heavy atom. The third kappa shape index (κ3) is 3.39. The molecule has 0 bridgehead atoms. The molecule has 0 saturated carbocycles. The second kappa shape index (κ2) is 7.65. The molecule has 0 fully saturated rings. The summed E-state index contributed by atoms with van der Waals surface area (Å²) in [6.45, 7) is 2.11. The van der Waals surface area contributed by atoms with Gasteiger partial charge in [-0.15, -0.1) is 11.3 Å². The normalized spacial score (nSPS) is 22.7. The van der Waals surface area contributed by atoms with E-state index in [1.165, 1.54) is 9.75 Å². The van der Waals surface area contributed by atoms with Crippen LogP contribution >= 0.6 is 11.3 Å². The number of anilines is 2. The van der Waals surface area contributed by atoms with Crippen LogP contribution in [0, 0.1) is 12.8 Å². The molecule has 2 aliphatic rings. The summed E-state index contributed by atoms with van der Waals surface area (Å²) in [4.78, 5) is 15.9. The highest BCUT2D eigenvalue weighted by Crippen LogP contribution is 2.45. The van der Waals surface area contributed by atoms with Crippen LogP contribution in [0.3, 0.4) is 0 Å². The fourth-order valence-corrected chi connectivity index (χ4v) is 5.39. The van der Waals surface area contributed by atoms with Crippen molar-refractivity contribution in [1.29, 1.82) is 0 Å². The highest BCUT2D eigenvalue weighted by atomic mass is 32.1. The van der Waals surface area contributed by atoms with E-state index in [-0.39, 0.29) is 23.7 Å². The first-order valence-corrected chi connectivity index (χ1v) is 11.0. The van der Waals surface area contributed by atoms with E-state index in [1.807, 2.05) is 24.3 Å². The van der Waals surface area contributed by atoms with Crippen molar-refractivity contribution in [2.75, 3.05) is 17.7 Å². The number of fused-ring (bicyclic) bond motifs is 2. The predicted octanol–water partition coefficient (Wildman–Crippen LogP) is 5.90. The number of aryl methyl sites for hydroxylation is 1. The third-order valence-corrected chi connectivity index (χ3v) is 7.03. The number of hydrogen-bond donors (Lipinski definition) is 2. The molecule has 2 heterocycles. The van der Waals surface area contributed by atoms with Crippen LogP contribution in [0.4, 0.5) is 11.4 Å². The van der Waals surface area contributed by atoms with Crippen LogP contribution < -0.4 is 15.4 Å².